The van der Waals surface area contributed by atoms with Crippen molar-refractivity contribution in [3.8, 4) is 0 Å². The maximum atomic E-state index is 15.1. The second kappa shape index (κ2) is 10.6. The first-order valence-electron chi connectivity index (χ1n) is 11.9. The maximum Gasteiger partial charge on any atom is 0.388 e. The van der Waals surface area contributed by atoms with Gasteiger partial charge in [-0.1, -0.05) is 22.7 Å². The highest BCUT2D eigenvalue weighted by Crippen LogP contribution is 2.60. The van der Waals surface area contributed by atoms with Crippen LogP contribution < -0.4 is 17.0 Å². The number of aromatic nitrogens is 10. The number of thiol groups is 1. The Balaban J connectivity index is 1.25. The van der Waals surface area contributed by atoms with E-state index in [1.54, 1.807) is 0 Å². The number of halogens is 1. The molecular formula is C18H22FN12O8PS2. The van der Waals surface area contributed by atoms with E-state index in [0.717, 1.165) is 27.5 Å². The van der Waals surface area contributed by atoms with Crippen molar-refractivity contribution >= 4 is 64.9 Å². The van der Waals surface area contributed by atoms with Crippen LogP contribution in [-0.4, -0.2) is 114 Å². The van der Waals surface area contributed by atoms with Crippen LogP contribution in [0.3, 0.4) is 0 Å². The van der Waals surface area contributed by atoms with E-state index in [9.17, 15) is 24.7 Å². The molecule has 8 atom stereocenters. The van der Waals surface area contributed by atoms with Gasteiger partial charge >= 0.3 is 6.80 Å². The molecule has 0 saturated carbocycles. The average molecular weight is 649 g/mol. The predicted molar refractivity (Wildman–Crippen MR) is 144 cm³/mol. The van der Waals surface area contributed by atoms with Gasteiger partial charge in [-0.2, -0.15) is 14.3 Å². The van der Waals surface area contributed by atoms with Crippen molar-refractivity contribution in [3.05, 3.63) is 16.7 Å². The van der Waals surface area contributed by atoms with Gasteiger partial charge in [0.15, 0.2) is 40.5 Å². The fourth-order valence-electron chi connectivity index (χ4n) is 4.63. The predicted octanol–water partition coefficient (Wildman–Crippen LogP) is -2.30. The Hall–Kier alpha value is -3.02. The lowest BCUT2D eigenvalue weighted by Gasteiger charge is -2.34. The summed E-state index contributed by atoms with van der Waals surface area (Å²) in [4.78, 5) is 26.3. The SMILES string of the molecule is Nc1nc2c(nnn2[C@]2(OP(=O)(S)OC[C@H]3O[C@@H](n4nnc5c(N)ncnc54)[C@@H](F)[C@@H]3O)CS[C@H](CO)[C@H]2O)c(=O)[nH]1. The molecule has 4 aromatic rings. The second-order valence-corrected chi connectivity index (χ2v) is 13.3. The van der Waals surface area contributed by atoms with Gasteiger partial charge in [0, 0.05) is 5.75 Å². The number of thioether (sulfide) groups is 1. The number of nitrogens with zero attached hydrogens (tertiary/aromatic N) is 9. The lowest BCUT2D eigenvalue weighted by molar-refractivity contribution is -0.105. The van der Waals surface area contributed by atoms with Gasteiger partial charge < -0.3 is 31.5 Å². The third-order valence-corrected chi connectivity index (χ3v) is 9.72. The lowest BCUT2D eigenvalue weighted by Crippen LogP contribution is -2.49. The first-order chi connectivity index (χ1) is 20.0. The Kier molecular flexibility index (Phi) is 7.34. The van der Waals surface area contributed by atoms with Gasteiger partial charge in [-0.15, -0.1) is 22.0 Å². The summed E-state index contributed by atoms with van der Waals surface area (Å²) in [6, 6.07) is 0. The fourth-order valence-corrected chi connectivity index (χ4v) is 7.69. The highest BCUT2D eigenvalue weighted by molar-refractivity contribution is 8.44. The van der Waals surface area contributed by atoms with E-state index < -0.39 is 67.3 Å². The molecule has 0 spiro atoms. The molecule has 0 aliphatic carbocycles. The molecule has 0 amide bonds. The molecule has 6 heterocycles. The number of alkyl halides is 1. The molecule has 0 radical (unpaired) electrons. The smallest absolute Gasteiger partial charge is 0.388 e. The van der Waals surface area contributed by atoms with Crippen molar-refractivity contribution in [1.29, 1.82) is 0 Å². The summed E-state index contributed by atoms with van der Waals surface area (Å²) in [5.41, 5.74) is 8.26. The van der Waals surface area contributed by atoms with Gasteiger partial charge in [-0.3, -0.25) is 18.8 Å². The number of anilines is 2. The molecule has 8 N–H and O–H groups in total. The Morgan fingerprint density at radius 2 is 2.02 bits per heavy atom. The van der Waals surface area contributed by atoms with Crippen LogP contribution in [0.15, 0.2) is 11.1 Å². The standard InChI is InChI=1S/C18H22FN12O8PS2/c19-7-10(33)5(38-16(7)30-13-8(26-28-30)12(20)22-4-23-13)2-37-40(36,41)39-18(3-42-6(1-32)11(18)34)31-14-9(27-29-31)15(35)25-17(21)24-14/h4-7,10-11,16,32-34H,1-3H2,(H,36,41)(H2,20,22,23)(H3,21,24,25,35)/t5-,6-,7+,10-,11-,16-,18+,40?/m1/s1. The molecule has 24 heteroatoms. The van der Waals surface area contributed by atoms with Crippen LogP contribution in [0.4, 0.5) is 16.2 Å². The van der Waals surface area contributed by atoms with E-state index in [1.165, 1.54) is 0 Å². The average Bonchev–Trinajstić information content (AvgIpc) is 3.70. The van der Waals surface area contributed by atoms with Crippen LogP contribution in [0.2, 0.25) is 0 Å². The van der Waals surface area contributed by atoms with Crippen LogP contribution in [0.1, 0.15) is 6.23 Å². The number of hydrogen-bond acceptors (Lipinski definition) is 18. The molecule has 6 rings (SSSR count). The molecule has 0 aromatic carbocycles. The highest BCUT2D eigenvalue weighted by atomic mass is 32.7. The maximum absolute atomic E-state index is 15.1. The van der Waals surface area contributed by atoms with Crippen LogP contribution in [0, 0.1) is 0 Å². The van der Waals surface area contributed by atoms with Gasteiger partial charge in [0.05, 0.1) is 18.5 Å². The van der Waals surface area contributed by atoms with Crippen molar-refractivity contribution < 1.29 is 38.1 Å². The van der Waals surface area contributed by atoms with Crippen molar-refractivity contribution in [1.82, 2.24) is 49.9 Å². The highest BCUT2D eigenvalue weighted by Gasteiger charge is 2.57. The molecule has 2 aliphatic rings. The third kappa shape index (κ3) is 4.69. The van der Waals surface area contributed by atoms with E-state index in [4.69, 9.17) is 25.3 Å². The molecule has 1 unspecified atom stereocenters. The van der Waals surface area contributed by atoms with Gasteiger partial charge in [-0.25, -0.2) is 18.9 Å². The van der Waals surface area contributed by atoms with Crippen LogP contribution in [-0.2, 0) is 24.1 Å². The number of nitrogens with one attached hydrogen (secondary N) is 1. The monoisotopic (exact) mass is 648 g/mol. The van der Waals surface area contributed by atoms with E-state index in [1.807, 2.05) is 0 Å². The molecule has 0 bridgehead atoms. The molecule has 2 saturated heterocycles. The van der Waals surface area contributed by atoms with Crippen LogP contribution in [0.25, 0.3) is 22.3 Å². The zero-order valence-electron chi connectivity index (χ0n) is 20.9. The minimum Gasteiger partial charge on any atom is -0.395 e. The van der Waals surface area contributed by atoms with E-state index >= 15 is 4.39 Å². The van der Waals surface area contributed by atoms with Crippen molar-refractivity contribution in [2.24, 2.45) is 0 Å². The molecule has 226 valence electrons. The Bertz CT molecular complexity index is 1760. The molecule has 4 aromatic heterocycles. The lowest BCUT2D eigenvalue weighted by atomic mass is 10.1. The third-order valence-electron chi connectivity index (χ3n) is 6.69. The minimum absolute atomic E-state index is 0.000492. The summed E-state index contributed by atoms with van der Waals surface area (Å²) in [7, 11) is 0. The number of nitrogen functional groups attached to an aromatic ring is 2. The van der Waals surface area contributed by atoms with Gasteiger partial charge in [0.2, 0.25) is 11.7 Å². The van der Waals surface area contributed by atoms with Gasteiger partial charge in [-0.05, 0) is 0 Å². The summed E-state index contributed by atoms with van der Waals surface area (Å²) in [5.74, 6) is -0.477. The number of rotatable bonds is 8. The van der Waals surface area contributed by atoms with E-state index in [0.29, 0.717) is 0 Å². The molecular weight excluding hydrogens is 626 g/mol. The quantitative estimate of drug-likeness (QED) is 0.0781. The molecule has 2 aliphatic heterocycles. The number of H-pyrrole nitrogens is 1. The number of aromatic amines is 1. The number of hydrogen-bond donors (Lipinski definition) is 7. The summed E-state index contributed by atoms with van der Waals surface area (Å²) in [5, 5.41) is 45.8. The Morgan fingerprint density at radius 1 is 1.26 bits per heavy atom. The largest absolute Gasteiger partial charge is 0.395 e. The number of aliphatic hydroxyl groups is 3. The fraction of sp³-hybridized carbons (Fsp3) is 0.556. The number of fused-ring (bicyclic) bond motifs is 2. The summed E-state index contributed by atoms with van der Waals surface area (Å²) < 4.78 is 47.2. The summed E-state index contributed by atoms with van der Waals surface area (Å²) >= 11 is 5.05. The first kappa shape index (κ1) is 29.1. The number of nitrogens with two attached hydrogens (primary N) is 2. The summed E-state index contributed by atoms with van der Waals surface area (Å²) in [6.45, 7) is -5.74. The van der Waals surface area contributed by atoms with Crippen molar-refractivity contribution in [2.45, 2.75) is 41.7 Å². The van der Waals surface area contributed by atoms with Crippen molar-refractivity contribution in [2.75, 3.05) is 30.4 Å². The van der Waals surface area contributed by atoms with Crippen LogP contribution >= 0.6 is 30.8 Å². The van der Waals surface area contributed by atoms with Gasteiger partial charge in [0.1, 0.15) is 24.6 Å². The molecule has 42 heavy (non-hydrogen) atoms. The van der Waals surface area contributed by atoms with E-state index in [2.05, 4.69) is 52.8 Å². The zero-order chi connectivity index (χ0) is 30.0. The van der Waals surface area contributed by atoms with Crippen molar-refractivity contribution in [3.63, 3.8) is 0 Å². The van der Waals surface area contributed by atoms with Gasteiger partial charge in [0.25, 0.3) is 5.56 Å². The second-order valence-electron chi connectivity index (χ2n) is 9.27. The zero-order valence-corrected chi connectivity index (χ0v) is 23.5. The topological polar surface area (TPSA) is 290 Å². The number of ether oxygens (including phenoxy) is 1. The Morgan fingerprint density at radius 3 is 2.76 bits per heavy atom. The first-order valence-corrected chi connectivity index (χ1v) is 15.7. The van der Waals surface area contributed by atoms with E-state index in [-0.39, 0.29) is 39.8 Å². The number of aliphatic hydroxyl groups excluding tert-OH is 3. The molecule has 20 nitrogen and oxygen atoms in total. The molecule has 2 fully saturated rings. The normalized spacial score (nSPS) is 31.3. The minimum atomic E-state index is -4.53. The Labute approximate surface area is 241 Å². The summed E-state index contributed by atoms with van der Waals surface area (Å²) in [6.07, 6.45) is -7.19. The van der Waals surface area contributed by atoms with Crippen LogP contribution in [0.5, 0.6) is 0 Å².